The van der Waals surface area contributed by atoms with Crippen molar-refractivity contribution in [1.29, 1.82) is 0 Å². The van der Waals surface area contributed by atoms with Gasteiger partial charge in [0.1, 0.15) is 5.00 Å². The second-order valence-electron chi connectivity index (χ2n) is 5.48. The van der Waals surface area contributed by atoms with E-state index in [1.54, 1.807) is 19.9 Å². The lowest BCUT2D eigenvalue weighted by molar-refractivity contribution is -0.115. The summed E-state index contributed by atoms with van der Waals surface area (Å²) in [6.45, 7) is 5.30. The van der Waals surface area contributed by atoms with Crippen molar-refractivity contribution in [3.63, 3.8) is 0 Å². The van der Waals surface area contributed by atoms with Crippen molar-refractivity contribution in [2.45, 2.75) is 27.2 Å². The third kappa shape index (κ3) is 4.24. The predicted molar refractivity (Wildman–Crippen MR) is 98.4 cm³/mol. The van der Waals surface area contributed by atoms with E-state index in [0.717, 1.165) is 16.9 Å². The molecule has 6 nitrogen and oxygen atoms in total. The molecule has 1 heterocycles. The van der Waals surface area contributed by atoms with E-state index < -0.39 is 5.97 Å². The number of carbonyl (C=O) groups is 3. The van der Waals surface area contributed by atoms with Crippen LogP contribution in [0.4, 0.5) is 10.7 Å². The van der Waals surface area contributed by atoms with E-state index in [9.17, 15) is 14.4 Å². The standard InChI is InChI=1S/C18H20N2O4S/c1-5-13(21)20-17-14(18(23)24-4)11(3)15(25-17)16(22)19-12-8-6-7-10(2)9-12/h6-9H,5H2,1-4H3,(H,19,22)(H,20,21). The lowest BCUT2D eigenvalue weighted by Crippen LogP contribution is -2.13. The molecule has 2 rings (SSSR count). The highest BCUT2D eigenvalue weighted by Gasteiger charge is 2.26. The zero-order chi connectivity index (χ0) is 18.6. The molecule has 0 aliphatic heterocycles. The molecule has 2 aromatic rings. The number of carbonyl (C=O) groups excluding carboxylic acids is 3. The van der Waals surface area contributed by atoms with Gasteiger partial charge in [0, 0.05) is 12.1 Å². The van der Waals surface area contributed by atoms with Crippen LogP contribution in [0.5, 0.6) is 0 Å². The van der Waals surface area contributed by atoms with E-state index in [-0.39, 0.29) is 23.8 Å². The average Bonchev–Trinajstić information content (AvgIpc) is 2.90. The molecule has 0 fully saturated rings. The van der Waals surface area contributed by atoms with Gasteiger partial charge in [0.15, 0.2) is 0 Å². The summed E-state index contributed by atoms with van der Waals surface area (Å²) in [7, 11) is 1.26. The molecule has 0 atom stereocenters. The normalized spacial score (nSPS) is 10.2. The second-order valence-corrected chi connectivity index (χ2v) is 6.50. The average molecular weight is 360 g/mol. The molecule has 0 unspecified atom stereocenters. The van der Waals surface area contributed by atoms with Crippen molar-refractivity contribution in [3.8, 4) is 0 Å². The number of amides is 2. The van der Waals surface area contributed by atoms with E-state index in [0.29, 0.717) is 21.1 Å². The quantitative estimate of drug-likeness (QED) is 0.795. The fourth-order valence-corrected chi connectivity index (χ4v) is 3.40. The maximum absolute atomic E-state index is 12.6. The molecular weight excluding hydrogens is 340 g/mol. The summed E-state index contributed by atoms with van der Waals surface area (Å²) in [5.74, 6) is -1.16. The first-order valence-corrected chi connectivity index (χ1v) is 8.58. The van der Waals surface area contributed by atoms with Crippen molar-refractivity contribution < 1.29 is 19.1 Å². The summed E-state index contributed by atoms with van der Waals surface area (Å²) >= 11 is 1.06. The molecule has 2 amide bonds. The molecule has 0 aliphatic carbocycles. The molecule has 0 spiro atoms. The van der Waals surface area contributed by atoms with Gasteiger partial charge in [-0.3, -0.25) is 9.59 Å². The fourth-order valence-electron chi connectivity index (χ4n) is 2.29. The van der Waals surface area contributed by atoms with Gasteiger partial charge in [0.05, 0.1) is 17.6 Å². The Hall–Kier alpha value is -2.67. The first-order chi connectivity index (χ1) is 11.9. The molecule has 0 radical (unpaired) electrons. The number of anilines is 2. The van der Waals surface area contributed by atoms with Crippen LogP contribution in [0.1, 0.15) is 44.5 Å². The Balaban J connectivity index is 2.38. The number of nitrogens with one attached hydrogen (secondary N) is 2. The number of ether oxygens (including phenoxy) is 1. The summed E-state index contributed by atoms with van der Waals surface area (Å²) in [6, 6.07) is 7.41. The van der Waals surface area contributed by atoms with Crippen molar-refractivity contribution >= 4 is 39.8 Å². The van der Waals surface area contributed by atoms with Gasteiger partial charge in [0.2, 0.25) is 5.91 Å². The Morgan fingerprint density at radius 2 is 1.88 bits per heavy atom. The van der Waals surface area contributed by atoms with E-state index >= 15 is 0 Å². The number of hydrogen-bond donors (Lipinski definition) is 2. The van der Waals surface area contributed by atoms with Crippen LogP contribution in [0.3, 0.4) is 0 Å². The maximum Gasteiger partial charge on any atom is 0.341 e. The summed E-state index contributed by atoms with van der Waals surface area (Å²) in [6.07, 6.45) is 0.266. The number of hydrogen-bond acceptors (Lipinski definition) is 5. The second kappa shape index (κ2) is 7.94. The van der Waals surface area contributed by atoms with Gasteiger partial charge < -0.3 is 15.4 Å². The molecular formula is C18H20N2O4S. The molecule has 1 aromatic heterocycles. The number of thiophene rings is 1. The van der Waals surface area contributed by atoms with Gasteiger partial charge in [-0.25, -0.2) is 4.79 Å². The minimum Gasteiger partial charge on any atom is -0.465 e. The summed E-state index contributed by atoms with van der Waals surface area (Å²) in [5.41, 5.74) is 2.38. The van der Waals surface area contributed by atoms with Gasteiger partial charge in [-0.2, -0.15) is 0 Å². The van der Waals surface area contributed by atoms with Crippen LogP contribution in [0.15, 0.2) is 24.3 Å². The van der Waals surface area contributed by atoms with Crippen molar-refractivity contribution in [1.82, 2.24) is 0 Å². The van der Waals surface area contributed by atoms with Gasteiger partial charge in [-0.1, -0.05) is 19.1 Å². The highest BCUT2D eigenvalue weighted by atomic mass is 32.1. The Morgan fingerprint density at radius 1 is 1.16 bits per heavy atom. The van der Waals surface area contributed by atoms with Crippen molar-refractivity contribution in [3.05, 3.63) is 45.8 Å². The highest BCUT2D eigenvalue weighted by molar-refractivity contribution is 7.18. The SMILES string of the molecule is CCC(=O)Nc1sc(C(=O)Nc2cccc(C)c2)c(C)c1C(=O)OC. The molecule has 0 saturated heterocycles. The molecule has 7 heteroatoms. The van der Waals surface area contributed by atoms with Gasteiger partial charge >= 0.3 is 5.97 Å². The molecule has 0 bridgehead atoms. The van der Waals surface area contributed by atoms with Crippen LogP contribution in [0.2, 0.25) is 0 Å². The van der Waals surface area contributed by atoms with Gasteiger partial charge in [0.25, 0.3) is 5.91 Å². The first-order valence-electron chi connectivity index (χ1n) is 7.77. The third-order valence-corrected chi connectivity index (χ3v) is 4.80. The van der Waals surface area contributed by atoms with Gasteiger partial charge in [-0.15, -0.1) is 11.3 Å². The molecule has 25 heavy (non-hydrogen) atoms. The topological polar surface area (TPSA) is 84.5 Å². The molecule has 0 saturated carbocycles. The largest absolute Gasteiger partial charge is 0.465 e. The summed E-state index contributed by atoms with van der Waals surface area (Å²) in [4.78, 5) is 36.7. The highest BCUT2D eigenvalue weighted by Crippen LogP contribution is 2.34. The van der Waals surface area contributed by atoms with E-state index in [4.69, 9.17) is 4.74 Å². The Morgan fingerprint density at radius 3 is 2.48 bits per heavy atom. The van der Waals surface area contributed by atoms with Crippen LogP contribution in [0, 0.1) is 13.8 Å². The van der Waals surface area contributed by atoms with Crippen LogP contribution in [-0.2, 0) is 9.53 Å². The van der Waals surface area contributed by atoms with Crippen molar-refractivity contribution in [2.24, 2.45) is 0 Å². The predicted octanol–water partition coefficient (Wildman–Crippen LogP) is 3.75. The zero-order valence-corrected chi connectivity index (χ0v) is 15.4. The number of benzene rings is 1. The first kappa shape index (κ1) is 18.7. The smallest absolute Gasteiger partial charge is 0.341 e. The Kier molecular flexibility index (Phi) is 5.93. The van der Waals surface area contributed by atoms with Crippen LogP contribution in [0.25, 0.3) is 0 Å². The molecule has 0 aliphatic rings. The molecule has 1 aromatic carbocycles. The fraction of sp³-hybridized carbons (Fsp3) is 0.278. The third-order valence-electron chi connectivity index (χ3n) is 3.59. The van der Waals surface area contributed by atoms with Crippen LogP contribution < -0.4 is 10.6 Å². The lowest BCUT2D eigenvalue weighted by atomic mass is 10.1. The molecule has 2 N–H and O–H groups in total. The Labute approximate surface area is 150 Å². The lowest BCUT2D eigenvalue weighted by Gasteiger charge is -2.05. The van der Waals surface area contributed by atoms with Crippen LogP contribution in [-0.4, -0.2) is 24.9 Å². The Bertz CT molecular complexity index is 826. The van der Waals surface area contributed by atoms with E-state index in [1.165, 1.54) is 7.11 Å². The number of methoxy groups -OCH3 is 1. The zero-order valence-electron chi connectivity index (χ0n) is 14.6. The number of rotatable bonds is 5. The van der Waals surface area contributed by atoms with Crippen molar-refractivity contribution in [2.75, 3.05) is 17.7 Å². The monoisotopic (exact) mass is 360 g/mol. The number of aryl methyl sites for hydroxylation is 1. The maximum atomic E-state index is 12.6. The summed E-state index contributed by atoms with van der Waals surface area (Å²) < 4.78 is 4.78. The minimum absolute atomic E-state index is 0.212. The van der Waals surface area contributed by atoms with Crippen LogP contribution >= 0.6 is 11.3 Å². The minimum atomic E-state index is -0.588. The summed E-state index contributed by atoms with van der Waals surface area (Å²) in [5, 5.41) is 5.80. The number of esters is 1. The van der Waals surface area contributed by atoms with Gasteiger partial charge in [-0.05, 0) is 37.1 Å². The van der Waals surface area contributed by atoms with E-state index in [2.05, 4.69) is 10.6 Å². The molecule has 132 valence electrons. The van der Waals surface area contributed by atoms with E-state index in [1.807, 2.05) is 25.1 Å².